The Kier molecular flexibility index (Phi) is 4.11. The molecule has 98 valence electrons. The van der Waals surface area contributed by atoms with E-state index < -0.39 is 0 Å². The third-order valence-corrected chi connectivity index (χ3v) is 3.01. The number of fused-ring (bicyclic) bond motifs is 1. The van der Waals surface area contributed by atoms with E-state index in [4.69, 9.17) is 5.73 Å². The Bertz CT molecular complexity index is 510. The SMILES string of the molecule is CCCC(CO)NCc1c[nH]c2c(N)ncnc12. The number of hydrogen-bond acceptors (Lipinski definition) is 5. The van der Waals surface area contributed by atoms with Gasteiger partial charge in [-0.25, -0.2) is 9.97 Å². The number of rotatable bonds is 6. The molecule has 0 saturated carbocycles. The summed E-state index contributed by atoms with van der Waals surface area (Å²) < 4.78 is 0. The van der Waals surface area contributed by atoms with Gasteiger partial charge in [0.15, 0.2) is 5.82 Å². The molecule has 0 radical (unpaired) electrons. The fourth-order valence-corrected chi connectivity index (χ4v) is 2.01. The average Bonchev–Trinajstić information content (AvgIpc) is 2.79. The number of nitrogens with two attached hydrogens (primary N) is 1. The van der Waals surface area contributed by atoms with Gasteiger partial charge in [-0.05, 0) is 6.42 Å². The first kappa shape index (κ1) is 12.8. The van der Waals surface area contributed by atoms with E-state index in [1.54, 1.807) is 0 Å². The number of nitrogens with zero attached hydrogens (tertiary/aromatic N) is 2. The highest BCUT2D eigenvalue weighted by Gasteiger charge is 2.10. The molecular formula is C12H19N5O. The summed E-state index contributed by atoms with van der Waals surface area (Å²) >= 11 is 0. The summed E-state index contributed by atoms with van der Waals surface area (Å²) in [4.78, 5) is 11.2. The number of aliphatic hydroxyl groups excluding tert-OH is 1. The smallest absolute Gasteiger partial charge is 0.151 e. The Hall–Kier alpha value is -1.66. The van der Waals surface area contributed by atoms with E-state index in [9.17, 15) is 5.11 Å². The minimum atomic E-state index is 0.124. The zero-order valence-corrected chi connectivity index (χ0v) is 10.5. The van der Waals surface area contributed by atoms with E-state index >= 15 is 0 Å². The predicted octanol–water partition coefficient (Wildman–Crippen LogP) is 0.791. The minimum Gasteiger partial charge on any atom is -0.395 e. The fourth-order valence-electron chi connectivity index (χ4n) is 2.01. The van der Waals surface area contributed by atoms with Gasteiger partial charge in [-0.2, -0.15) is 0 Å². The Balaban J connectivity index is 2.10. The quantitative estimate of drug-likeness (QED) is 0.606. The van der Waals surface area contributed by atoms with Crippen molar-refractivity contribution in [3.05, 3.63) is 18.1 Å². The molecule has 0 saturated heterocycles. The third-order valence-electron chi connectivity index (χ3n) is 3.01. The molecule has 1 atom stereocenters. The Morgan fingerprint density at radius 1 is 1.50 bits per heavy atom. The summed E-state index contributed by atoms with van der Waals surface area (Å²) in [7, 11) is 0. The first-order valence-corrected chi connectivity index (χ1v) is 6.17. The monoisotopic (exact) mass is 249 g/mol. The van der Waals surface area contributed by atoms with Gasteiger partial charge in [0.05, 0.1) is 12.1 Å². The van der Waals surface area contributed by atoms with Crippen molar-refractivity contribution in [1.82, 2.24) is 20.3 Å². The van der Waals surface area contributed by atoms with Crippen LogP contribution in [-0.4, -0.2) is 32.7 Å². The number of aromatic nitrogens is 3. The van der Waals surface area contributed by atoms with E-state index in [-0.39, 0.29) is 12.6 Å². The van der Waals surface area contributed by atoms with Crippen molar-refractivity contribution < 1.29 is 5.11 Å². The number of aliphatic hydroxyl groups is 1. The molecule has 2 aromatic heterocycles. The van der Waals surface area contributed by atoms with Crippen LogP contribution in [0.1, 0.15) is 25.3 Å². The largest absolute Gasteiger partial charge is 0.395 e. The highest BCUT2D eigenvalue weighted by atomic mass is 16.3. The number of nitrogen functional groups attached to an aromatic ring is 1. The molecule has 0 aliphatic carbocycles. The van der Waals surface area contributed by atoms with Gasteiger partial charge in [0.1, 0.15) is 11.8 Å². The van der Waals surface area contributed by atoms with Gasteiger partial charge in [-0.1, -0.05) is 13.3 Å². The lowest BCUT2D eigenvalue weighted by atomic mass is 10.1. The molecule has 6 heteroatoms. The number of H-pyrrole nitrogens is 1. The Labute approximate surface area is 106 Å². The molecule has 6 nitrogen and oxygen atoms in total. The standard InChI is InChI=1S/C12H19N5O/c1-2-3-9(6-18)14-4-8-5-15-11-10(8)16-7-17-12(11)13/h5,7,9,14-15,18H,2-4,6H2,1H3,(H2,13,16,17). The molecular weight excluding hydrogens is 230 g/mol. The van der Waals surface area contributed by atoms with Crippen LogP contribution >= 0.6 is 0 Å². The van der Waals surface area contributed by atoms with Crippen LogP contribution in [-0.2, 0) is 6.54 Å². The van der Waals surface area contributed by atoms with Crippen molar-refractivity contribution in [3.8, 4) is 0 Å². The van der Waals surface area contributed by atoms with Crippen LogP contribution in [0.15, 0.2) is 12.5 Å². The summed E-state index contributed by atoms with van der Waals surface area (Å²) in [5, 5.41) is 12.5. The molecule has 0 bridgehead atoms. The molecule has 1 unspecified atom stereocenters. The van der Waals surface area contributed by atoms with Crippen LogP contribution in [0.5, 0.6) is 0 Å². The van der Waals surface area contributed by atoms with Crippen LogP contribution in [0.2, 0.25) is 0 Å². The normalized spacial score (nSPS) is 13.0. The number of hydrogen-bond donors (Lipinski definition) is 4. The molecule has 2 aromatic rings. The van der Waals surface area contributed by atoms with Gasteiger partial charge in [-0.15, -0.1) is 0 Å². The molecule has 2 rings (SSSR count). The molecule has 2 heterocycles. The molecule has 5 N–H and O–H groups in total. The lowest BCUT2D eigenvalue weighted by Crippen LogP contribution is -2.31. The van der Waals surface area contributed by atoms with E-state index in [1.807, 2.05) is 6.20 Å². The van der Waals surface area contributed by atoms with Crippen LogP contribution in [0, 0.1) is 0 Å². The summed E-state index contributed by atoms with van der Waals surface area (Å²) in [5.74, 6) is 0.457. The maximum absolute atomic E-state index is 9.23. The minimum absolute atomic E-state index is 0.124. The molecule has 0 aromatic carbocycles. The Morgan fingerprint density at radius 3 is 3.06 bits per heavy atom. The van der Waals surface area contributed by atoms with Crippen molar-refractivity contribution >= 4 is 16.9 Å². The number of aromatic amines is 1. The average molecular weight is 249 g/mol. The van der Waals surface area contributed by atoms with Crippen molar-refractivity contribution in [1.29, 1.82) is 0 Å². The second kappa shape index (κ2) is 5.79. The first-order chi connectivity index (χ1) is 8.76. The molecule has 18 heavy (non-hydrogen) atoms. The van der Waals surface area contributed by atoms with Gasteiger partial charge in [0.25, 0.3) is 0 Å². The van der Waals surface area contributed by atoms with E-state index in [1.165, 1.54) is 6.33 Å². The van der Waals surface area contributed by atoms with Gasteiger partial charge in [-0.3, -0.25) is 0 Å². The summed E-state index contributed by atoms with van der Waals surface area (Å²) in [6.45, 7) is 2.90. The van der Waals surface area contributed by atoms with E-state index in [0.717, 1.165) is 29.4 Å². The van der Waals surface area contributed by atoms with E-state index in [2.05, 4.69) is 27.2 Å². The van der Waals surface area contributed by atoms with Gasteiger partial charge in [0, 0.05) is 24.3 Å². The lowest BCUT2D eigenvalue weighted by Gasteiger charge is -2.14. The van der Waals surface area contributed by atoms with Gasteiger partial charge >= 0.3 is 0 Å². The molecule has 0 fully saturated rings. The molecule has 0 aliphatic rings. The summed E-state index contributed by atoms with van der Waals surface area (Å²) in [6.07, 6.45) is 5.34. The zero-order valence-electron chi connectivity index (χ0n) is 10.5. The lowest BCUT2D eigenvalue weighted by molar-refractivity contribution is 0.234. The van der Waals surface area contributed by atoms with Gasteiger partial charge < -0.3 is 21.1 Å². The molecule has 0 aliphatic heterocycles. The number of anilines is 1. The fraction of sp³-hybridized carbons (Fsp3) is 0.500. The van der Waals surface area contributed by atoms with Crippen molar-refractivity contribution in [2.24, 2.45) is 0 Å². The second-order valence-electron chi connectivity index (χ2n) is 4.35. The maximum atomic E-state index is 9.23. The maximum Gasteiger partial charge on any atom is 0.151 e. The Morgan fingerprint density at radius 2 is 2.33 bits per heavy atom. The highest BCUT2D eigenvalue weighted by molar-refractivity contribution is 5.86. The van der Waals surface area contributed by atoms with E-state index in [0.29, 0.717) is 12.4 Å². The van der Waals surface area contributed by atoms with Crippen LogP contribution in [0.3, 0.4) is 0 Å². The molecule has 0 amide bonds. The van der Waals surface area contributed by atoms with Crippen molar-refractivity contribution in [2.45, 2.75) is 32.4 Å². The second-order valence-corrected chi connectivity index (χ2v) is 4.35. The van der Waals surface area contributed by atoms with Gasteiger partial charge in [0.2, 0.25) is 0 Å². The zero-order chi connectivity index (χ0) is 13.0. The highest BCUT2D eigenvalue weighted by Crippen LogP contribution is 2.18. The summed E-state index contributed by atoms with van der Waals surface area (Å²) in [6, 6.07) is 0.124. The summed E-state index contributed by atoms with van der Waals surface area (Å²) in [5.41, 5.74) is 8.40. The van der Waals surface area contributed by atoms with Crippen molar-refractivity contribution in [2.75, 3.05) is 12.3 Å². The van der Waals surface area contributed by atoms with Crippen LogP contribution in [0.25, 0.3) is 11.0 Å². The topological polar surface area (TPSA) is 99.8 Å². The predicted molar refractivity (Wildman–Crippen MR) is 70.9 cm³/mol. The van der Waals surface area contributed by atoms with Crippen LogP contribution < -0.4 is 11.1 Å². The molecule has 0 spiro atoms. The third kappa shape index (κ3) is 2.60. The number of nitrogens with one attached hydrogen (secondary N) is 2. The van der Waals surface area contributed by atoms with Crippen molar-refractivity contribution in [3.63, 3.8) is 0 Å². The first-order valence-electron chi connectivity index (χ1n) is 6.17. The van der Waals surface area contributed by atoms with Crippen LogP contribution in [0.4, 0.5) is 5.82 Å².